The molecular weight excluding hydrogens is 308 g/mol. The van der Waals surface area contributed by atoms with E-state index in [0.29, 0.717) is 18.8 Å². The molecule has 2 saturated heterocycles. The van der Waals surface area contributed by atoms with Gasteiger partial charge in [0, 0.05) is 0 Å². The third-order valence-electron chi connectivity index (χ3n) is 4.83. The first-order valence-electron chi connectivity index (χ1n) is 8.55. The molecule has 3 rings (SSSR count). The van der Waals surface area contributed by atoms with E-state index in [2.05, 4.69) is 0 Å². The number of anilines is 1. The van der Waals surface area contributed by atoms with Crippen molar-refractivity contribution in [3.63, 3.8) is 0 Å². The summed E-state index contributed by atoms with van der Waals surface area (Å²) in [6, 6.07) is 8.62. The number of nitrogens with zero attached hydrogens (tertiary/aromatic N) is 1. The van der Waals surface area contributed by atoms with E-state index in [1.807, 2.05) is 18.2 Å². The van der Waals surface area contributed by atoms with Crippen molar-refractivity contribution in [1.29, 1.82) is 0 Å². The fourth-order valence-corrected chi connectivity index (χ4v) is 3.67. The molecule has 1 aromatic carbocycles. The molecule has 128 valence electrons. The molecule has 24 heavy (non-hydrogen) atoms. The lowest BCUT2D eigenvalue weighted by Crippen LogP contribution is -3.18. The van der Waals surface area contributed by atoms with Gasteiger partial charge >= 0.3 is 5.97 Å². The van der Waals surface area contributed by atoms with Gasteiger partial charge in [0.25, 0.3) is 5.91 Å². The second-order valence-electron chi connectivity index (χ2n) is 6.36. The van der Waals surface area contributed by atoms with Crippen molar-refractivity contribution < 1.29 is 24.0 Å². The lowest BCUT2D eigenvalue weighted by atomic mass is 9.96. The lowest BCUT2D eigenvalue weighted by Gasteiger charge is -2.31. The van der Waals surface area contributed by atoms with Crippen molar-refractivity contribution in [2.24, 2.45) is 5.92 Å². The molecule has 1 aromatic rings. The second-order valence-corrected chi connectivity index (χ2v) is 6.36. The number of hydrogen-bond donors (Lipinski definition) is 1. The van der Waals surface area contributed by atoms with E-state index < -0.39 is 6.04 Å². The predicted octanol–water partition coefficient (Wildman–Crippen LogP) is 0.177. The minimum atomic E-state index is -0.394. The maximum atomic E-state index is 12.8. The van der Waals surface area contributed by atoms with Crippen LogP contribution < -0.4 is 9.80 Å². The van der Waals surface area contributed by atoms with Crippen LogP contribution in [0.5, 0.6) is 0 Å². The Morgan fingerprint density at radius 2 is 2.04 bits per heavy atom. The van der Waals surface area contributed by atoms with E-state index in [1.54, 1.807) is 19.1 Å². The SMILES string of the molecule is CCOC(=O)[C@H]1CCC[NH+]([C@@H]2CC(=O)N(c3ccccc3)C2=O)C1. The molecule has 2 aliphatic rings. The zero-order chi connectivity index (χ0) is 17.1. The summed E-state index contributed by atoms with van der Waals surface area (Å²) in [5.41, 5.74) is 0.619. The molecule has 2 amide bonds. The number of carbonyl (C=O) groups is 3. The average molecular weight is 331 g/mol. The van der Waals surface area contributed by atoms with Gasteiger partial charge in [-0.15, -0.1) is 0 Å². The van der Waals surface area contributed by atoms with Crippen molar-refractivity contribution in [3.8, 4) is 0 Å². The predicted molar refractivity (Wildman–Crippen MR) is 87.4 cm³/mol. The largest absolute Gasteiger partial charge is 0.466 e. The van der Waals surface area contributed by atoms with Crippen LogP contribution in [0.2, 0.25) is 0 Å². The van der Waals surface area contributed by atoms with Crippen LogP contribution in [0.25, 0.3) is 0 Å². The van der Waals surface area contributed by atoms with E-state index >= 15 is 0 Å². The zero-order valence-corrected chi connectivity index (χ0v) is 13.9. The van der Waals surface area contributed by atoms with Crippen LogP contribution in [0.15, 0.2) is 30.3 Å². The number of benzene rings is 1. The first kappa shape index (κ1) is 16.6. The summed E-state index contributed by atoms with van der Waals surface area (Å²) in [5, 5.41) is 0. The summed E-state index contributed by atoms with van der Waals surface area (Å²) >= 11 is 0. The molecule has 3 atom stereocenters. The van der Waals surface area contributed by atoms with E-state index in [9.17, 15) is 14.4 Å². The van der Waals surface area contributed by atoms with Gasteiger partial charge < -0.3 is 9.64 Å². The maximum absolute atomic E-state index is 12.8. The van der Waals surface area contributed by atoms with Crippen LogP contribution in [-0.2, 0) is 19.1 Å². The van der Waals surface area contributed by atoms with Gasteiger partial charge in [0.15, 0.2) is 6.04 Å². The van der Waals surface area contributed by atoms with Gasteiger partial charge in [0.05, 0.1) is 31.8 Å². The molecule has 1 N–H and O–H groups in total. The van der Waals surface area contributed by atoms with Gasteiger partial charge in [-0.1, -0.05) is 18.2 Å². The van der Waals surface area contributed by atoms with Crippen LogP contribution in [0, 0.1) is 5.92 Å². The zero-order valence-electron chi connectivity index (χ0n) is 13.9. The highest BCUT2D eigenvalue weighted by atomic mass is 16.5. The number of quaternary nitrogens is 1. The Bertz CT molecular complexity index is 631. The Labute approximate surface area is 141 Å². The van der Waals surface area contributed by atoms with Crippen LogP contribution in [-0.4, -0.2) is 43.5 Å². The maximum Gasteiger partial charge on any atom is 0.314 e. The number of imide groups is 1. The molecule has 6 nitrogen and oxygen atoms in total. The Kier molecular flexibility index (Phi) is 4.94. The van der Waals surface area contributed by atoms with Gasteiger partial charge in [-0.3, -0.25) is 14.4 Å². The molecule has 2 aliphatic heterocycles. The third kappa shape index (κ3) is 3.19. The first-order chi connectivity index (χ1) is 11.6. The molecule has 2 heterocycles. The summed E-state index contributed by atoms with van der Waals surface area (Å²) in [6.45, 7) is 3.53. The van der Waals surface area contributed by atoms with E-state index in [0.717, 1.165) is 24.3 Å². The number of piperidine rings is 1. The van der Waals surface area contributed by atoms with E-state index in [-0.39, 0.29) is 30.1 Å². The number of hydrogen-bond acceptors (Lipinski definition) is 4. The minimum Gasteiger partial charge on any atom is -0.466 e. The Balaban J connectivity index is 1.72. The summed E-state index contributed by atoms with van der Waals surface area (Å²) in [6.07, 6.45) is 1.86. The first-order valence-corrected chi connectivity index (χ1v) is 8.55. The third-order valence-corrected chi connectivity index (χ3v) is 4.83. The number of nitrogens with one attached hydrogen (secondary N) is 1. The molecule has 0 aromatic heterocycles. The molecule has 1 unspecified atom stereocenters. The summed E-state index contributed by atoms with van der Waals surface area (Å²) < 4.78 is 5.12. The lowest BCUT2D eigenvalue weighted by molar-refractivity contribution is -0.922. The number of ether oxygens (including phenoxy) is 1. The highest BCUT2D eigenvalue weighted by Crippen LogP contribution is 2.22. The highest BCUT2D eigenvalue weighted by molar-refractivity contribution is 6.21. The highest BCUT2D eigenvalue weighted by Gasteiger charge is 2.47. The average Bonchev–Trinajstić information content (AvgIpc) is 2.90. The quantitative estimate of drug-likeness (QED) is 0.631. The molecule has 2 fully saturated rings. The number of esters is 1. The van der Waals surface area contributed by atoms with Crippen LogP contribution in [0.1, 0.15) is 26.2 Å². The topological polar surface area (TPSA) is 68.1 Å². The number of para-hydroxylation sites is 1. The van der Waals surface area contributed by atoms with Crippen LogP contribution in [0.4, 0.5) is 5.69 Å². The van der Waals surface area contributed by atoms with Gasteiger partial charge in [-0.05, 0) is 31.9 Å². The molecule has 0 saturated carbocycles. The fourth-order valence-electron chi connectivity index (χ4n) is 3.67. The van der Waals surface area contributed by atoms with Crippen molar-refractivity contribution in [3.05, 3.63) is 30.3 Å². The number of rotatable bonds is 4. The fraction of sp³-hybridized carbons (Fsp3) is 0.500. The molecule has 6 heteroatoms. The van der Waals surface area contributed by atoms with Gasteiger partial charge in [0.2, 0.25) is 5.91 Å². The van der Waals surface area contributed by atoms with Crippen molar-refractivity contribution in [1.82, 2.24) is 0 Å². The summed E-state index contributed by atoms with van der Waals surface area (Å²) in [7, 11) is 0. The smallest absolute Gasteiger partial charge is 0.314 e. The van der Waals surface area contributed by atoms with Crippen molar-refractivity contribution in [2.45, 2.75) is 32.2 Å². The van der Waals surface area contributed by atoms with E-state index in [1.165, 1.54) is 4.90 Å². The Morgan fingerprint density at radius 1 is 1.29 bits per heavy atom. The van der Waals surface area contributed by atoms with Gasteiger partial charge in [0.1, 0.15) is 5.92 Å². The number of amides is 2. The van der Waals surface area contributed by atoms with Gasteiger partial charge in [-0.25, -0.2) is 4.90 Å². The molecule has 0 spiro atoms. The molecule has 0 bridgehead atoms. The van der Waals surface area contributed by atoms with Gasteiger partial charge in [-0.2, -0.15) is 0 Å². The molecule has 0 aliphatic carbocycles. The van der Waals surface area contributed by atoms with Crippen LogP contribution in [0.3, 0.4) is 0 Å². The standard InChI is InChI=1S/C18H22N2O4/c1-2-24-18(23)13-7-6-10-19(12-13)15-11-16(21)20(17(15)22)14-8-4-3-5-9-14/h3-5,8-9,13,15H,2,6-7,10-12H2,1H3/p+1/t13-,15+/m0/s1. The Morgan fingerprint density at radius 3 is 2.75 bits per heavy atom. The second kappa shape index (κ2) is 7.13. The van der Waals surface area contributed by atoms with E-state index in [4.69, 9.17) is 4.74 Å². The molecular formula is C18H23N2O4+. The van der Waals surface area contributed by atoms with Crippen LogP contribution >= 0.6 is 0 Å². The molecule has 0 radical (unpaired) electrons. The summed E-state index contributed by atoms with van der Waals surface area (Å²) in [5.74, 6) is -0.693. The minimum absolute atomic E-state index is 0.161. The Hall–Kier alpha value is -2.21. The summed E-state index contributed by atoms with van der Waals surface area (Å²) in [4.78, 5) is 39.4. The number of likely N-dealkylation sites (tertiary alicyclic amines) is 1. The number of carbonyl (C=O) groups excluding carboxylic acids is 3. The monoisotopic (exact) mass is 331 g/mol. The van der Waals surface area contributed by atoms with Crippen molar-refractivity contribution in [2.75, 3.05) is 24.6 Å². The normalized spacial score (nSPS) is 27.4. The van der Waals surface area contributed by atoms with Crippen molar-refractivity contribution >= 4 is 23.5 Å².